The molecule has 0 aliphatic heterocycles. The molecule has 0 aromatic carbocycles. The van der Waals surface area contributed by atoms with E-state index in [0.29, 0.717) is 15.0 Å². The Morgan fingerprint density at radius 3 is 2.54 bits per heavy atom. The topological polar surface area (TPSA) is 0 Å². The summed E-state index contributed by atoms with van der Waals surface area (Å²) >= 11 is 0.582. The summed E-state index contributed by atoms with van der Waals surface area (Å²) < 4.78 is 0. The Morgan fingerprint density at radius 2 is 1.92 bits per heavy atom. The molecule has 0 spiro atoms. The van der Waals surface area contributed by atoms with Crippen LogP contribution in [-0.4, -0.2) is 15.0 Å². The van der Waals surface area contributed by atoms with Crippen molar-refractivity contribution >= 4 is 15.0 Å². The van der Waals surface area contributed by atoms with Gasteiger partial charge >= 0.3 is 89.8 Å². The van der Waals surface area contributed by atoms with E-state index in [1.807, 2.05) is 0 Å². The standard InChI is InChI=1S/C12H22Se/c1-4-5-6-7-8-9-10-13-11-12(2)3/h12H,4-8,11H2,1-3H3. The van der Waals surface area contributed by atoms with E-state index in [1.165, 1.54) is 31.0 Å². The van der Waals surface area contributed by atoms with E-state index in [1.54, 1.807) is 0 Å². The molecule has 0 N–H and O–H groups in total. The maximum atomic E-state index is 3.31. The van der Waals surface area contributed by atoms with Crippen molar-refractivity contribution in [2.75, 3.05) is 0 Å². The second-order valence-electron chi connectivity index (χ2n) is 3.79. The van der Waals surface area contributed by atoms with E-state index in [0.717, 1.165) is 12.3 Å². The summed E-state index contributed by atoms with van der Waals surface area (Å²) in [6.45, 7) is 6.78. The maximum absolute atomic E-state index is 3.31. The van der Waals surface area contributed by atoms with Gasteiger partial charge in [-0.1, -0.05) is 0 Å². The molecule has 0 saturated heterocycles. The van der Waals surface area contributed by atoms with Crippen LogP contribution in [0.1, 0.15) is 52.9 Å². The molecule has 0 aromatic rings. The predicted molar refractivity (Wildman–Crippen MR) is 61.9 cm³/mol. The SMILES string of the molecule is CCCCCCC#C[Se]CC(C)C. The molecular weight excluding hydrogens is 223 g/mol. The first-order chi connectivity index (χ1) is 6.27. The Balaban J connectivity index is 3.11. The zero-order valence-corrected chi connectivity index (χ0v) is 10.9. The van der Waals surface area contributed by atoms with Crippen molar-refractivity contribution in [3.05, 3.63) is 0 Å². The first-order valence-electron chi connectivity index (χ1n) is 5.37. The van der Waals surface area contributed by atoms with Gasteiger partial charge in [-0.2, -0.15) is 0 Å². The molecule has 0 heterocycles. The molecular formula is C12H22Se. The Bertz CT molecular complexity index is 150. The van der Waals surface area contributed by atoms with E-state index in [2.05, 4.69) is 31.5 Å². The number of hydrogen-bond acceptors (Lipinski definition) is 0. The van der Waals surface area contributed by atoms with Gasteiger partial charge in [0.1, 0.15) is 0 Å². The third-order valence-electron chi connectivity index (χ3n) is 1.72. The number of hydrogen-bond donors (Lipinski definition) is 0. The van der Waals surface area contributed by atoms with Gasteiger partial charge in [-0.25, -0.2) is 0 Å². The molecule has 0 fully saturated rings. The first-order valence-corrected chi connectivity index (χ1v) is 7.43. The van der Waals surface area contributed by atoms with Crippen molar-refractivity contribution in [3.8, 4) is 10.7 Å². The number of rotatable bonds is 6. The van der Waals surface area contributed by atoms with Gasteiger partial charge < -0.3 is 0 Å². The minimum atomic E-state index is 0.582. The van der Waals surface area contributed by atoms with E-state index in [-0.39, 0.29) is 0 Å². The summed E-state index contributed by atoms with van der Waals surface area (Å²) in [5.74, 6) is 4.11. The molecule has 0 aromatic heterocycles. The van der Waals surface area contributed by atoms with Gasteiger partial charge in [-0.15, -0.1) is 0 Å². The van der Waals surface area contributed by atoms with Crippen LogP contribution in [0.15, 0.2) is 0 Å². The van der Waals surface area contributed by atoms with Gasteiger partial charge in [0.15, 0.2) is 0 Å². The molecule has 0 amide bonds. The van der Waals surface area contributed by atoms with Crippen LogP contribution in [0, 0.1) is 16.7 Å². The van der Waals surface area contributed by atoms with E-state index >= 15 is 0 Å². The van der Waals surface area contributed by atoms with Crippen molar-refractivity contribution in [3.63, 3.8) is 0 Å². The molecule has 0 saturated carbocycles. The summed E-state index contributed by atoms with van der Waals surface area (Å²) in [5.41, 5.74) is 0. The fourth-order valence-corrected chi connectivity index (χ4v) is 2.25. The van der Waals surface area contributed by atoms with Crippen molar-refractivity contribution in [2.24, 2.45) is 5.92 Å². The third kappa shape index (κ3) is 12.1. The molecule has 0 rings (SSSR count). The summed E-state index contributed by atoms with van der Waals surface area (Å²) in [4.78, 5) is 3.31. The Morgan fingerprint density at radius 1 is 1.15 bits per heavy atom. The summed E-state index contributed by atoms with van der Waals surface area (Å²) in [6, 6.07) is 0. The molecule has 0 atom stereocenters. The predicted octanol–water partition coefficient (Wildman–Crippen LogP) is 3.70. The third-order valence-corrected chi connectivity index (χ3v) is 4.07. The molecule has 13 heavy (non-hydrogen) atoms. The van der Waals surface area contributed by atoms with Crippen LogP contribution in [0.5, 0.6) is 0 Å². The van der Waals surface area contributed by atoms with Crippen molar-refractivity contribution in [2.45, 2.75) is 58.2 Å². The quantitative estimate of drug-likeness (QED) is 0.380. The van der Waals surface area contributed by atoms with Crippen LogP contribution < -0.4 is 0 Å². The van der Waals surface area contributed by atoms with Gasteiger partial charge in [0.05, 0.1) is 0 Å². The second-order valence-corrected chi connectivity index (χ2v) is 5.53. The van der Waals surface area contributed by atoms with Gasteiger partial charge in [0.2, 0.25) is 0 Å². The van der Waals surface area contributed by atoms with Gasteiger partial charge in [0.25, 0.3) is 0 Å². The normalized spacial score (nSPS) is 9.85. The molecule has 0 nitrogen and oxygen atoms in total. The minimum absolute atomic E-state index is 0.582. The number of unbranched alkanes of at least 4 members (excludes halogenated alkanes) is 4. The first kappa shape index (κ1) is 13.1. The van der Waals surface area contributed by atoms with Crippen LogP contribution >= 0.6 is 0 Å². The second kappa shape index (κ2) is 10.2. The van der Waals surface area contributed by atoms with Crippen molar-refractivity contribution < 1.29 is 0 Å². The molecule has 0 bridgehead atoms. The zero-order chi connectivity index (χ0) is 9.94. The monoisotopic (exact) mass is 246 g/mol. The molecule has 0 aliphatic rings. The fraction of sp³-hybridized carbons (Fsp3) is 0.833. The zero-order valence-electron chi connectivity index (χ0n) is 9.23. The van der Waals surface area contributed by atoms with E-state index < -0.39 is 0 Å². The Kier molecular flexibility index (Phi) is 10.2. The Labute approximate surface area is 90.0 Å². The van der Waals surface area contributed by atoms with Gasteiger partial charge in [-0.05, 0) is 0 Å². The van der Waals surface area contributed by atoms with Gasteiger partial charge in [0, 0.05) is 0 Å². The van der Waals surface area contributed by atoms with Crippen molar-refractivity contribution in [1.82, 2.24) is 0 Å². The summed E-state index contributed by atoms with van der Waals surface area (Å²) in [7, 11) is 0. The van der Waals surface area contributed by atoms with Crippen LogP contribution in [-0.2, 0) is 0 Å². The van der Waals surface area contributed by atoms with Gasteiger partial charge in [-0.3, -0.25) is 0 Å². The fourth-order valence-electron chi connectivity index (χ4n) is 0.951. The average Bonchev–Trinajstić information content (AvgIpc) is 2.09. The van der Waals surface area contributed by atoms with Crippen LogP contribution in [0.4, 0.5) is 0 Å². The van der Waals surface area contributed by atoms with E-state index in [4.69, 9.17) is 0 Å². The molecule has 76 valence electrons. The molecule has 0 aliphatic carbocycles. The van der Waals surface area contributed by atoms with E-state index in [9.17, 15) is 0 Å². The summed E-state index contributed by atoms with van der Waals surface area (Å²) in [5, 5.41) is 1.31. The van der Waals surface area contributed by atoms with Crippen LogP contribution in [0.3, 0.4) is 0 Å². The average molecular weight is 245 g/mol. The van der Waals surface area contributed by atoms with Crippen LogP contribution in [0.25, 0.3) is 0 Å². The Hall–Kier alpha value is 0.0795. The van der Waals surface area contributed by atoms with Crippen molar-refractivity contribution in [1.29, 1.82) is 0 Å². The summed E-state index contributed by atoms with van der Waals surface area (Å²) in [6.07, 6.45) is 6.49. The molecule has 0 unspecified atom stereocenters. The molecule has 1 heteroatoms. The molecule has 0 radical (unpaired) electrons. The van der Waals surface area contributed by atoms with Crippen LogP contribution in [0.2, 0.25) is 5.32 Å².